The van der Waals surface area contributed by atoms with E-state index < -0.39 is 0 Å². The number of fused-ring (bicyclic) bond motifs is 3. The Morgan fingerprint density at radius 1 is 0.926 bits per heavy atom. The van der Waals surface area contributed by atoms with E-state index in [0.717, 1.165) is 33.2 Å². The van der Waals surface area contributed by atoms with Crippen LogP contribution >= 0.6 is 12.2 Å². The number of nitrogens with zero attached hydrogens (tertiary/aromatic N) is 2. The quantitative estimate of drug-likeness (QED) is 0.306. The molecule has 0 aliphatic carbocycles. The third kappa shape index (κ3) is 3.47. The van der Waals surface area contributed by atoms with Gasteiger partial charge in [0.2, 0.25) is 0 Å². The molecule has 0 unspecified atom stereocenters. The highest BCUT2D eigenvalue weighted by Gasteiger charge is 2.09. The van der Waals surface area contributed by atoms with E-state index in [2.05, 4.69) is 20.6 Å². The molecular formula is C21H16N4OS. The van der Waals surface area contributed by atoms with E-state index in [9.17, 15) is 4.79 Å². The van der Waals surface area contributed by atoms with Crippen molar-refractivity contribution >= 4 is 56.3 Å². The zero-order valence-electron chi connectivity index (χ0n) is 14.6. The van der Waals surface area contributed by atoms with Gasteiger partial charge >= 0.3 is 0 Å². The first-order chi connectivity index (χ1) is 13.1. The molecule has 2 aromatic heterocycles. The van der Waals surface area contributed by atoms with E-state index in [0.29, 0.717) is 10.7 Å². The van der Waals surface area contributed by atoms with Crippen LogP contribution in [0.1, 0.15) is 17.3 Å². The van der Waals surface area contributed by atoms with Crippen molar-refractivity contribution in [1.82, 2.24) is 9.97 Å². The molecule has 0 fully saturated rings. The van der Waals surface area contributed by atoms with Crippen LogP contribution in [0.2, 0.25) is 0 Å². The summed E-state index contributed by atoms with van der Waals surface area (Å²) in [5.41, 5.74) is 4.02. The number of hydrogen-bond acceptors (Lipinski definition) is 4. The van der Waals surface area contributed by atoms with Crippen molar-refractivity contribution in [3.63, 3.8) is 0 Å². The normalized spacial score (nSPS) is 10.7. The SMILES string of the molecule is CC(=O)c1ccc(NC(=S)Nc2cc3cccnc3c3ncccc23)cc1. The Morgan fingerprint density at radius 2 is 1.63 bits per heavy atom. The fraction of sp³-hybridized carbons (Fsp3) is 0.0476. The van der Waals surface area contributed by atoms with Gasteiger partial charge in [0, 0.05) is 34.4 Å². The van der Waals surface area contributed by atoms with Gasteiger partial charge in [-0.1, -0.05) is 6.07 Å². The van der Waals surface area contributed by atoms with Crippen LogP contribution in [0, 0.1) is 0 Å². The molecule has 0 aliphatic heterocycles. The summed E-state index contributed by atoms with van der Waals surface area (Å²) in [6.07, 6.45) is 3.52. The first-order valence-corrected chi connectivity index (χ1v) is 8.84. The summed E-state index contributed by atoms with van der Waals surface area (Å²) in [6.45, 7) is 1.54. The number of pyridine rings is 2. The highest BCUT2D eigenvalue weighted by Crippen LogP contribution is 2.29. The number of carbonyl (C=O) groups is 1. The Bertz CT molecular complexity index is 1170. The molecule has 132 valence electrons. The third-order valence-corrected chi connectivity index (χ3v) is 4.46. The minimum atomic E-state index is 0.0333. The molecule has 0 aliphatic rings. The number of benzene rings is 2. The number of thiocarbonyl (C=S) groups is 1. The van der Waals surface area contributed by atoms with E-state index in [1.807, 2.05) is 42.5 Å². The molecule has 0 saturated heterocycles. The number of nitrogens with one attached hydrogen (secondary N) is 2. The van der Waals surface area contributed by atoms with Crippen molar-refractivity contribution in [2.75, 3.05) is 10.6 Å². The number of carbonyl (C=O) groups excluding carboxylic acids is 1. The van der Waals surface area contributed by atoms with Crippen molar-refractivity contribution in [3.8, 4) is 0 Å². The van der Waals surface area contributed by atoms with Crippen LogP contribution < -0.4 is 10.6 Å². The van der Waals surface area contributed by atoms with Gasteiger partial charge in [0.15, 0.2) is 10.9 Å². The summed E-state index contributed by atoms with van der Waals surface area (Å²) in [6, 6.07) is 17.0. The molecule has 0 saturated carbocycles. The Hall–Kier alpha value is -3.38. The zero-order valence-corrected chi connectivity index (χ0v) is 15.4. The molecule has 0 atom stereocenters. The van der Waals surface area contributed by atoms with Crippen LogP contribution in [0.3, 0.4) is 0 Å². The highest BCUT2D eigenvalue weighted by atomic mass is 32.1. The molecule has 0 spiro atoms. The van der Waals surface area contributed by atoms with E-state index in [1.54, 1.807) is 31.5 Å². The van der Waals surface area contributed by atoms with Gasteiger partial charge in [-0.15, -0.1) is 0 Å². The van der Waals surface area contributed by atoms with Gasteiger partial charge in [-0.05, 0) is 67.7 Å². The number of anilines is 2. The topological polar surface area (TPSA) is 66.9 Å². The molecule has 6 heteroatoms. The maximum atomic E-state index is 11.4. The Kier molecular flexibility index (Phi) is 4.48. The van der Waals surface area contributed by atoms with Crippen LogP contribution in [-0.4, -0.2) is 20.9 Å². The van der Waals surface area contributed by atoms with E-state index in [1.165, 1.54) is 0 Å². The predicted octanol–water partition coefficient (Wildman–Crippen LogP) is 4.79. The lowest BCUT2D eigenvalue weighted by Crippen LogP contribution is -2.19. The smallest absolute Gasteiger partial charge is 0.175 e. The maximum Gasteiger partial charge on any atom is 0.175 e. The molecule has 2 heterocycles. The van der Waals surface area contributed by atoms with Gasteiger partial charge in [-0.3, -0.25) is 14.8 Å². The Morgan fingerprint density at radius 3 is 2.37 bits per heavy atom. The number of hydrogen-bond donors (Lipinski definition) is 2. The van der Waals surface area contributed by atoms with Gasteiger partial charge in [0.25, 0.3) is 0 Å². The number of aromatic nitrogens is 2. The van der Waals surface area contributed by atoms with Crippen molar-refractivity contribution in [3.05, 3.63) is 72.6 Å². The minimum absolute atomic E-state index is 0.0333. The highest BCUT2D eigenvalue weighted by molar-refractivity contribution is 7.80. The first-order valence-electron chi connectivity index (χ1n) is 8.43. The van der Waals surface area contributed by atoms with Crippen LogP contribution in [-0.2, 0) is 0 Å². The predicted molar refractivity (Wildman–Crippen MR) is 113 cm³/mol. The molecular weight excluding hydrogens is 356 g/mol. The molecule has 4 aromatic rings. The lowest BCUT2D eigenvalue weighted by atomic mass is 10.1. The summed E-state index contributed by atoms with van der Waals surface area (Å²) >= 11 is 5.46. The average Bonchev–Trinajstić information content (AvgIpc) is 2.68. The molecule has 4 rings (SSSR count). The van der Waals surface area contributed by atoms with Crippen molar-refractivity contribution in [2.45, 2.75) is 6.92 Å². The summed E-state index contributed by atoms with van der Waals surface area (Å²) in [7, 11) is 0. The lowest BCUT2D eigenvalue weighted by Gasteiger charge is -2.14. The monoisotopic (exact) mass is 372 g/mol. The van der Waals surface area contributed by atoms with E-state index >= 15 is 0 Å². The summed E-state index contributed by atoms with van der Waals surface area (Å²) < 4.78 is 0. The summed E-state index contributed by atoms with van der Waals surface area (Å²) in [5, 5.41) is 8.78. The fourth-order valence-electron chi connectivity index (χ4n) is 2.95. The maximum absolute atomic E-state index is 11.4. The van der Waals surface area contributed by atoms with Crippen LogP contribution in [0.15, 0.2) is 67.0 Å². The van der Waals surface area contributed by atoms with Gasteiger partial charge < -0.3 is 10.6 Å². The van der Waals surface area contributed by atoms with Crippen molar-refractivity contribution in [1.29, 1.82) is 0 Å². The summed E-state index contributed by atoms with van der Waals surface area (Å²) in [5.74, 6) is 0.0333. The summed E-state index contributed by atoms with van der Waals surface area (Å²) in [4.78, 5) is 20.3. The van der Waals surface area contributed by atoms with Crippen LogP contribution in [0.5, 0.6) is 0 Å². The third-order valence-electron chi connectivity index (χ3n) is 4.26. The number of rotatable bonds is 3. The first kappa shape index (κ1) is 17.1. The van der Waals surface area contributed by atoms with Crippen molar-refractivity contribution < 1.29 is 4.79 Å². The minimum Gasteiger partial charge on any atom is -0.332 e. The van der Waals surface area contributed by atoms with Crippen LogP contribution in [0.4, 0.5) is 11.4 Å². The standard InChI is InChI=1S/C21H16N4OS/c1-13(26)14-6-8-16(9-7-14)24-21(27)25-18-12-15-4-2-10-22-19(15)20-17(18)5-3-11-23-20/h2-12H,1H3,(H2,24,25,27). The van der Waals surface area contributed by atoms with Gasteiger partial charge in [-0.25, -0.2) is 0 Å². The van der Waals surface area contributed by atoms with Crippen molar-refractivity contribution in [2.24, 2.45) is 0 Å². The Balaban J connectivity index is 1.64. The second-order valence-corrected chi connectivity index (χ2v) is 6.52. The lowest BCUT2D eigenvalue weighted by molar-refractivity contribution is 0.101. The zero-order chi connectivity index (χ0) is 18.8. The molecule has 0 radical (unpaired) electrons. The van der Waals surface area contributed by atoms with Crippen LogP contribution in [0.25, 0.3) is 21.8 Å². The second-order valence-electron chi connectivity index (χ2n) is 6.11. The van der Waals surface area contributed by atoms with Gasteiger partial charge in [-0.2, -0.15) is 0 Å². The van der Waals surface area contributed by atoms with Gasteiger partial charge in [0.05, 0.1) is 16.7 Å². The molecule has 2 aromatic carbocycles. The molecule has 0 amide bonds. The Labute approximate surface area is 161 Å². The molecule has 0 bridgehead atoms. The molecule has 2 N–H and O–H groups in total. The number of Topliss-reactive ketones (excluding diaryl/α,β-unsaturated/α-hetero) is 1. The fourth-order valence-corrected chi connectivity index (χ4v) is 3.18. The number of ketones is 1. The second kappa shape index (κ2) is 7.09. The van der Waals surface area contributed by atoms with Gasteiger partial charge in [0.1, 0.15) is 0 Å². The van der Waals surface area contributed by atoms with E-state index in [-0.39, 0.29) is 5.78 Å². The molecule has 27 heavy (non-hydrogen) atoms. The average molecular weight is 372 g/mol. The molecule has 5 nitrogen and oxygen atoms in total. The van der Waals surface area contributed by atoms with E-state index in [4.69, 9.17) is 12.2 Å². The largest absolute Gasteiger partial charge is 0.332 e.